The van der Waals surface area contributed by atoms with E-state index in [0.29, 0.717) is 11.1 Å². The van der Waals surface area contributed by atoms with Crippen LogP contribution in [0, 0.1) is 0 Å². The average molecular weight is 166 g/mol. The van der Waals surface area contributed by atoms with Gasteiger partial charge in [0.1, 0.15) is 5.83 Å². The van der Waals surface area contributed by atoms with Crippen molar-refractivity contribution in [2.24, 2.45) is 0 Å². The fourth-order valence-corrected chi connectivity index (χ4v) is 0.744. The van der Waals surface area contributed by atoms with E-state index >= 15 is 0 Å². The SMILES string of the molecule is C=C(C)/C(=C\C(C)=C/C)C(=C)F. The first-order valence-corrected chi connectivity index (χ1v) is 3.84. The van der Waals surface area contributed by atoms with Crippen molar-refractivity contribution >= 4 is 0 Å². The summed E-state index contributed by atoms with van der Waals surface area (Å²) in [5.74, 6) is -0.427. The summed E-state index contributed by atoms with van der Waals surface area (Å²) in [6, 6.07) is 0. The lowest BCUT2D eigenvalue weighted by atomic mass is 10.1. The van der Waals surface area contributed by atoms with Crippen molar-refractivity contribution in [1.29, 1.82) is 0 Å². The largest absolute Gasteiger partial charge is 0.207 e. The summed E-state index contributed by atoms with van der Waals surface area (Å²) in [6.45, 7) is 12.5. The topological polar surface area (TPSA) is 0 Å². The van der Waals surface area contributed by atoms with Gasteiger partial charge in [-0.1, -0.05) is 24.8 Å². The smallest absolute Gasteiger partial charge is 0.123 e. The van der Waals surface area contributed by atoms with E-state index in [-0.39, 0.29) is 0 Å². The van der Waals surface area contributed by atoms with Crippen molar-refractivity contribution in [2.45, 2.75) is 20.8 Å². The van der Waals surface area contributed by atoms with Gasteiger partial charge in [-0.3, -0.25) is 0 Å². The third kappa shape index (κ3) is 3.33. The van der Waals surface area contributed by atoms with Gasteiger partial charge in [-0.25, -0.2) is 4.39 Å². The molecule has 0 aromatic carbocycles. The van der Waals surface area contributed by atoms with Crippen molar-refractivity contribution in [1.82, 2.24) is 0 Å². The Balaban J connectivity index is 4.87. The monoisotopic (exact) mass is 166 g/mol. The predicted octanol–water partition coefficient (Wildman–Crippen LogP) is 3.94. The Morgan fingerprint density at radius 1 is 1.25 bits per heavy atom. The van der Waals surface area contributed by atoms with Gasteiger partial charge in [-0.15, -0.1) is 0 Å². The third-order valence-corrected chi connectivity index (χ3v) is 1.58. The minimum atomic E-state index is -0.427. The summed E-state index contributed by atoms with van der Waals surface area (Å²) in [5, 5.41) is 0. The van der Waals surface area contributed by atoms with Gasteiger partial charge in [0, 0.05) is 5.57 Å². The summed E-state index contributed by atoms with van der Waals surface area (Å²) in [5.41, 5.74) is 2.20. The molecule has 0 aromatic rings. The molecule has 0 amide bonds. The van der Waals surface area contributed by atoms with Gasteiger partial charge in [0.15, 0.2) is 0 Å². The Labute approximate surface area is 73.8 Å². The molecule has 66 valence electrons. The molecule has 0 nitrogen and oxygen atoms in total. The first-order chi connectivity index (χ1) is 5.49. The molecule has 1 heteroatoms. The normalized spacial score (nSPS) is 13.0. The number of halogens is 1. The lowest BCUT2D eigenvalue weighted by Gasteiger charge is -2.02. The Hall–Kier alpha value is -1.11. The molecule has 0 aromatic heterocycles. The molecule has 0 radical (unpaired) electrons. The maximum atomic E-state index is 12.8. The highest BCUT2D eigenvalue weighted by molar-refractivity contribution is 5.43. The standard InChI is InChI=1S/C11H15F/c1-6-9(4)7-11(8(2)3)10(5)12/h6-7H,2,5H2,1,3-4H3/b9-6-,11-7+. The molecule has 0 fully saturated rings. The van der Waals surface area contributed by atoms with Crippen molar-refractivity contribution < 1.29 is 4.39 Å². The van der Waals surface area contributed by atoms with Crippen LogP contribution >= 0.6 is 0 Å². The van der Waals surface area contributed by atoms with E-state index in [2.05, 4.69) is 13.2 Å². The lowest BCUT2D eigenvalue weighted by Crippen LogP contribution is -1.84. The summed E-state index contributed by atoms with van der Waals surface area (Å²) in [7, 11) is 0. The Morgan fingerprint density at radius 3 is 2.00 bits per heavy atom. The molecular weight excluding hydrogens is 151 g/mol. The van der Waals surface area contributed by atoms with Gasteiger partial charge >= 0.3 is 0 Å². The number of hydrogen-bond acceptors (Lipinski definition) is 0. The number of hydrogen-bond donors (Lipinski definition) is 0. The number of rotatable bonds is 3. The molecule has 0 aliphatic carbocycles. The fraction of sp³-hybridized carbons (Fsp3) is 0.273. The highest BCUT2D eigenvalue weighted by Gasteiger charge is 2.01. The van der Waals surface area contributed by atoms with Crippen molar-refractivity contribution in [3.8, 4) is 0 Å². The molecule has 0 aliphatic rings. The first kappa shape index (κ1) is 10.9. The van der Waals surface area contributed by atoms with E-state index in [9.17, 15) is 4.39 Å². The van der Waals surface area contributed by atoms with E-state index in [1.165, 1.54) is 0 Å². The lowest BCUT2D eigenvalue weighted by molar-refractivity contribution is 0.658. The van der Waals surface area contributed by atoms with Gasteiger partial charge < -0.3 is 0 Å². The van der Waals surface area contributed by atoms with Crippen LogP contribution in [0.25, 0.3) is 0 Å². The maximum Gasteiger partial charge on any atom is 0.123 e. The average Bonchev–Trinajstić information content (AvgIpc) is 1.98. The minimum absolute atomic E-state index is 0.427. The van der Waals surface area contributed by atoms with Gasteiger partial charge in [-0.05, 0) is 32.4 Å². The third-order valence-electron chi connectivity index (χ3n) is 1.58. The van der Waals surface area contributed by atoms with Crippen LogP contribution in [0.2, 0.25) is 0 Å². The Morgan fingerprint density at radius 2 is 1.75 bits per heavy atom. The van der Waals surface area contributed by atoms with E-state index in [0.717, 1.165) is 5.57 Å². The predicted molar refractivity (Wildman–Crippen MR) is 52.6 cm³/mol. The molecule has 0 aliphatic heterocycles. The minimum Gasteiger partial charge on any atom is -0.207 e. The Kier molecular flexibility index (Phi) is 4.27. The molecule has 12 heavy (non-hydrogen) atoms. The molecule has 0 spiro atoms. The summed E-state index contributed by atoms with van der Waals surface area (Å²) in [4.78, 5) is 0. The van der Waals surface area contributed by atoms with Gasteiger partial charge in [0.25, 0.3) is 0 Å². The molecule has 0 N–H and O–H groups in total. The summed E-state index contributed by atoms with van der Waals surface area (Å²) < 4.78 is 12.8. The highest BCUT2D eigenvalue weighted by atomic mass is 19.1. The first-order valence-electron chi connectivity index (χ1n) is 3.84. The van der Waals surface area contributed by atoms with Crippen LogP contribution in [-0.2, 0) is 0 Å². The molecule has 0 atom stereocenters. The van der Waals surface area contributed by atoms with Crippen molar-refractivity contribution in [3.63, 3.8) is 0 Å². The quantitative estimate of drug-likeness (QED) is 0.557. The fourth-order valence-electron chi connectivity index (χ4n) is 0.744. The van der Waals surface area contributed by atoms with E-state index in [1.54, 1.807) is 13.0 Å². The molecule has 0 heterocycles. The highest BCUT2D eigenvalue weighted by Crippen LogP contribution is 2.19. The van der Waals surface area contributed by atoms with E-state index < -0.39 is 5.83 Å². The molecule has 0 saturated carbocycles. The maximum absolute atomic E-state index is 12.8. The van der Waals surface area contributed by atoms with Gasteiger partial charge in [0.05, 0.1) is 0 Å². The molecular formula is C11H15F. The van der Waals surface area contributed by atoms with Crippen LogP contribution in [0.5, 0.6) is 0 Å². The second-order valence-corrected chi connectivity index (χ2v) is 2.78. The zero-order valence-corrected chi connectivity index (χ0v) is 7.95. The van der Waals surface area contributed by atoms with Crippen LogP contribution in [0.1, 0.15) is 20.8 Å². The van der Waals surface area contributed by atoms with E-state index in [1.807, 2.05) is 19.9 Å². The Bertz CT molecular complexity index is 238. The van der Waals surface area contributed by atoms with Gasteiger partial charge in [-0.2, -0.15) is 0 Å². The summed E-state index contributed by atoms with van der Waals surface area (Å²) >= 11 is 0. The van der Waals surface area contributed by atoms with Crippen LogP contribution in [0.4, 0.5) is 4.39 Å². The number of allylic oxidation sites excluding steroid dienone is 6. The van der Waals surface area contributed by atoms with E-state index in [4.69, 9.17) is 0 Å². The second-order valence-electron chi connectivity index (χ2n) is 2.78. The molecule has 0 rings (SSSR count). The van der Waals surface area contributed by atoms with Crippen LogP contribution in [-0.4, -0.2) is 0 Å². The van der Waals surface area contributed by atoms with Crippen LogP contribution in [0.3, 0.4) is 0 Å². The van der Waals surface area contributed by atoms with Gasteiger partial charge in [0.2, 0.25) is 0 Å². The zero-order valence-electron chi connectivity index (χ0n) is 7.95. The summed E-state index contributed by atoms with van der Waals surface area (Å²) in [6.07, 6.45) is 3.65. The van der Waals surface area contributed by atoms with Crippen LogP contribution in [0.15, 0.2) is 47.9 Å². The second kappa shape index (κ2) is 4.70. The van der Waals surface area contributed by atoms with Crippen molar-refractivity contribution in [3.05, 3.63) is 47.9 Å². The van der Waals surface area contributed by atoms with Crippen LogP contribution < -0.4 is 0 Å². The van der Waals surface area contributed by atoms with Crippen molar-refractivity contribution in [2.75, 3.05) is 0 Å². The zero-order chi connectivity index (χ0) is 9.72. The molecule has 0 saturated heterocycles. The molecule has 0 bridgehead atoms. The molecule has 0 unspecified atom stereocenters.